The Bertz CT molecular complexity index is 347. The number of nitrogens with zero attached hydrogens (tertiary/aromatic N) is 2. The predicted molar refractivity (Wildman–Crippen MR) is 76.3 cm³/mol. The smallest absolute Gasteiger partial charge is 0.0738 e. The van der Waals surface area contributed by atoms with E-state index in [1.165, 1.54) is 29.4 Å². The first-order chi connectivity index (χ1) is 8.10. The van der Waals surface area contributed by atoms with Crippen LogP contribution in [0.4, 0.5) is 0 Å². The van der Waals surface area contributed by atoms with Gasteiger partial charge in [0.15, 0.2) is 0 Å². The molecule has 1 aromatic rings. The summed E-state index contributed by atoms with van der Waals surface area (Å²) < 4.78 is 3.16. The molecule has 0 aliphatic carbocycles. The van der Waals surface area contributed by atoms with Gasteiger partial charge in [0.1, 0.15) is 0 Å². The fraction of sp³-hybridized carbons (Fsp3) is 0.769. The fourth-order valence-corrected chi connectivity index (χ4v) is 2.65. The molecule has 1 unspecified atom stereocenters. The van der Waals surface area contributed by atoms with Crippen LogP contribution in [0.1, 0.15) is 44.5 Å². The molecule has 0 amide bonds. The lowest BCUT2D eigenvalue weighted by atomic mass is 10.0. The Morgan fingerprint density at radius 1 is 1.41 bits per heavy atom. The van der Waals surface area contributed by atoms with E-state index < -0.39 is 0 Å². The fourth-order valence-electron chi connectivity index (χ4n) is 2.15. The Balaban J connectivity index is 2.70. The number of halogens is 1. The lowest BCUT2D eigenvalue weighted by Crippen LogP contribution is -2.31. The van der Waals surface area contributed by atoms with E-state index >= 15 is 0 Å². The molecule has 0 saturated heterocycles. The molecule has 98 valence electrons. The number of likely N-dealkylation sites (N-methyl/N-ethyl adjacent to an activating group) is 1. The van der Waals surface area contributed by atoms with Crippen molar-refractivity contribution in [3.05, 3.63) is 15.9 Å². The first-order valence-corrected chi connectivity index (χ1v) is 7.30. The second kappa shape index (κ2) is 7.17. The van der Waals surface area contributed by atoms with E-state index in [4.69, 9.17) is 0 Å². The van der Waals surface area contributed by atoms with Gasteiger partial charge in [0, 0.05) is 19.5 Å². The SMILES string of the molecule is CCCCC(Cc1c(Br)c(C)nn1C)NCC. The maximum atomic E-state index is 4.45. The predicted octanol–water partition coefficient (Wildman–Crippen LogP) is 3.20. The molecule has 0 aliphatic rings. The largest absolute Gasteiger partial charge is 0.314 e. The van der Waals surface area contributed by atoms with E-state index in [1.807, 2.05) is 18.7 Å². The lowest BCUT2D eigenvalue weighted by molar-refractivity contribution is 0.461. The third-order valence-corrected chi connectivity index (χ3v) is 4.13. The summed E-state index contributed by atoms with van der Waals surface area (Å²) in [4.78, 5) is 0. The molecule has 0 radical (unpaired) electrons. The van der Waals surface area contributed by atoms with E-state index in [1.54, 1.807) is 0 Å². The van der Waals surface area contributed by atoms with E-state index in [0.717, 1.165) is 18.7 Å². The van der Waals surface area contributed by atoms with Crippen LogP contribution in [0.5, 0.6) is 0 Å². The quantitative estimate of drug-likeness (QED) is 0.838. The zero-order valence-electron chi connectivity index (χ0n) is 11.4. The lowest BCUT2D eigenvalue weighted by Gasteiger charge is -2.18. The molecule has 0 aliphatic heterocycles. The maximum absolute atomic E-state index is 4.45. The van der Waals surface area contributed by atoms with Crippen molar-refractivity contribution in [2.45, 2.75) is 52.5 Å². The van der Waals surface area contributed by atoms with E-state index in [9.17, 15) is 0 Å². The topological polar surface area (TPSA) is 29.9 Å². The van der Waals surface area contributed by atoms with Crippen LogP contribution in [-0.2, 0) is 13.5 Å². The highest BCUT2D eigenvalue weighted by atomic mass is 79.9. The van der Waals surface area contributed by atoms with Crippen molar-refractivity contribution in [1.82, 2.24) is 15.1 Å². The molecule has 0 fully saturated rings. The second-order valence-electron chi connectivity index (χ2n) is 4.57. The minimum atomic E-state index is 0.561. The number of hydrogen-bond acceptors (Lipinski definition) is 2. The summed E-state index contributed by atoms with van der Waals surface area (Å²) in [6, 6.07) is 0.561. The molecule has 0 aromatic carbocycles. The minimum Gasteiger partial charge on any atom is -0.314 e. The monoisotopic (exact) mass is 301 g/mol. The van der Waals surface area contributed by atoms with Gasteiger partial charge in [0.05, 0.1) is 15.9 Å². The van der Waals surface area contributed by atoms with Gasteiger partial charge >= 0.3 is 0 Å². The molecule has 1 N–H and O–H groups in total. The zero-order valence-corrected chi connectivity index (χ0v) is 13.0. The summed E-state index contributed by atoms with van der Waals surface area (Å²) in [7, 11) is 2.02. The molecule has 1 heterocycles. The van der Waals surface area contributed by atoms with Crippen molar-refractivity contribution >= 4 is 15.9 Å². The second-order valence-corrected chi connectivity index (χ2v) is 5.36. The number of hydrogen-bond donors (Lipinski definition) is 1. The molecular formula is C13H24BrN3. The molecule has 4 heteroatoms. The van der Waals surface area contributed by atoms with Crippen LogP contribution in [0.2, 0.25) is 0 Å². The summed E-state index contributed by atoms with van der Waals surface area (Å²) in [6.07, 6.45) is 4.83. The van der Waals surface area contributed by atoms with Gasteiger partial charge in [0.25, 0.3) is 0 Å². The molecule has 1 rings (SSSR count). The van der Waals surface area contributed by atoms with Gasteiger partial charge in [-0.3, -0.25) is 4.68 Å². The highest BCUT2D eigenvalue weighted by molar-refractivity contribution is 9.10. The summed E-state index contributed by atoms with van der Waals surface area (Å²) >= 11 is 3.64. The first kappa shape index (κ1) is 14.7. The van der Waals surface area contributed by atoms with Crippen LogP contribution in [0.25, 0.3) is 0 Å². The Morgan fingerprint density at radius 3 is 2.59 bits per heavy atom. The Morgan fingerprint density at radius 2 is 2.12 bits per heavy atom. The molecule has 0 bridgehead atoms. The van der Waals surface area contributed by atoms with Gasteiger partial charge in [-0.2, -0.15) is 5.10 Å². The molecular weight excluding hydrogens is 278 g/mol. The molecule has 1 atom stereocenters. The zero-order chi connectivity index (χ0) is 12.8. The van der Waals surface area contributed by atoms with Crippen LogP contribution in [0, 0.1) is 6.92 Å². The maximum Gasteiger partial charge on any atom is 0.0738 e. The van der Waals surface area contributed by atoms with Crippen molar-refractivity contribution in [2.75, 3.05) is 6.54 Å². The summed E-state index contributed by atoms with van der Waals surface area (Å²) in [5.74, 6) is 0. The van der Waals surface area contributed by atoms with E-state index in [0.29, 0.717) is 6.04 Å². The van der Waals surface area contributed by atoms with Crippen molar-refractivity contribution in [2.24, 2.45) is 7.05 Å². The number of unbranched alkanes of at least 4 members (excludes halogenated alkanes) is 1. The highest BCUT2D eigenvalue weighted by Gasteiger charge is 2.15. The average Bonchev–Trinajstić information content (AvgIpc) is 2.53. The number of aryl methyl sites for hydroxylation is 2. The average molecular weight is 302 g/mol. The third-order valence-electron chi connectivity index (χ3n) is 3.10. The van der Waals surface area contributed by atoms with Crippen LogP contribution in [0.3, 0.4) is 0 Å². The van der Waals surface area contributed by atoms with Crippen molar-refractivity contribution in [3.63, 3.8) is 0 Å². The van der Waals surface area contributed by atoms with Gasteiger partial charge in [-0.05, 0) is 35.8 Å². The summed E-state index contributed by atoms with van der Waals surface area (Å²) in [5, 5.41) is 8.01. The van der Waals surface area contributed by atoms with Crippen molar-refractivity contribution in [1.29, 1.82) is 0 Å². The van der Waals surface area contributed by atoms with Gasteiger partial charge in [-0.25, -0.2) is 0 Å². The van der Waals surface area contributed by atoms with Gasteiger partial charge in [-0.1, -0.05) is 26.7 Å². The van der Waals surface area contributed by atoms with E-state index in [2.05, 4.69) is 40.2 Å². The van der Waals surface area contributed by atoms with Gasteiger partial charge in [0.2, 0.25) is 0 Å². The van der Waals surface area contributed by atoms with Crippen molar-refractivity contribution in [3.8, 4) is 0 Å². The Labute approximate surface area is 113 Å². The minimum absolute atomic E-state index is 0.561. The molecule has 3 nitrogen and oxygen atoms in total. The number of aromatic nitrogens is 2. The number of rotatable bonds is 7. The van der Waals surface area contributed by atoms with Gasteiger partial charge in [-0.15, -0.1) is 0 Å². The van der Waals surface area contributed by atoms with Crippen LogP contribution in [0.15, 0.2) is 4.47 Å². The van der Waals surface area contributed by atoms with Crippen molar-refractivity contribution < 1.29 is 0 Å². The normalized spacial score (nSPS) is 13.0. The molecule has 0 saturated carbocycles. The third kappa shape index (κ3) is 4.11. The highest BCUT2D eigenvalue weighted by Crippen LogP contribution is 2.22. The summed E-state index contributed by atoms with van der Waals surface area (Å²) in [6.45, 7) is 7.49. The van der Waals surface area contributed by atoms with Gasteiger partial charge < -0.3 is 5.32 Å². The Kier molecular flexibility index (Phi) is 6.20. The van der Waals surface area contributed by atoms with Crippen LogP contribution >= 0.6 is 15.9 Å². The summed E-state index contributed by atoms with van der Waals surface area (Å²) in [5.41, 5.74) is 2.37. The van der Waals surface area contributed by atoms with E-state index in [-0.39, 0.29) is 0 Å². The molecule has 17 heavy (non-hydrogen) atoms. The molecule has 1 aromatic heterocycles. The standard InChI is InChI=1S/C13H24BrN3/c1-5-7-8-11(15-6-2)9-12-13(14)10(3)16-17(12)4/h11,15H,5-9H2,1-4H3. The number of nitrogens with one attached hydrogen (secondary N) is 1. The first-order valence-electron chi connectivity index (χ1n) is 6.51. The van der Waals surface area contributed by atoms with Crippen LogP contribution < -0.4 is 5.32 Å². The molecule has 0 spiro atoms. The van der Waals surface area contributed by atoms with Crippen LogP contribution in [-0.4, -0.2) is 22.4 Å². The Hall–Kier alpha value is -0.350.